The third kappa shape index (κ3) is 7.10. The molecule has 3 amide bonds. The lowest BCUT2D eigenvalue weighted by molar-refractivity contribution is -0.119. The van der Waals surface area contributed by atoms with Crippen molar-refractivity contribution in [2.75, 3.05) is 18.0 Å². The summed E-state index contributed by atoms with van der Waals surface area (Å²) in [6.45, 7) is 7.50. The first kappa shape index (κ1) is 28.5. The van der Waals surface area contributed by atoms with Crippen molar-refractivity contribution in [1.82, 2.24) is 30.4 Å². The van der Waals surface area contributed by atoms with E-state index in [1.165, 1.54) is 27.5 Å². The van der Waals surface area contributed by atoms with Crippen LogP contribution in [0.1, 0.15) is 39.1 Å². The number of halogens is 1. The summed E-state index contributed by atoms with van der Waals surface area (Å²) in [6, 6.07) is 11.7. The number of benzene rings is 2. The molecule has 1 N–H and O–H groups in total. The topological polar surface area (TPSA) is 132 Å². The van der Waals surface area contributed by atoms with Crippen molar-refractivity contribution in [3.8, 4) is 11.1 Å². The first-order chi connectivity index (χ1) is 18.9. The summed E-state index contributed by atoms with van der Waals surface area (Å²) in [7, 11) is 1.69. The summed E-state index contributed by atoms with van der Waals surface area (Å²) in [5, 5.41) is 14.0. The van der Waals surface area contributed by atoms with E-state index < -0.39 is 29.7 Å². The van der Waals surface area contributed by atoms with E-state index in [1.807, 2.05) is 0 Å². The second-order valence-corrected chi connectivity index (χ2v) is 10.5. The molecule has 13 heteroatoms. The van der Waals surface area contributed by atoms with Crippen LogP contribution in [0.3, 0.4) is 0 Å². The van der Waals surface area contributed by atoms with Crippen LogP contribution >= 0.6 is 0 Å². The van der Waals surface area contributed by atoms with E-state index in [4.69, 9.17) is 9.47 Å². The number of nitrogens with zero attached hydrogens (tertiary/aromatic N) is 6. The van der Waals surface area contributed by atoms with Gasteiger partial charge in [-0.1, -0.05) is 24.3 Å². The number of nitrogens with one attached hydrogen (secondary N) is 1. The molecule has 3 aromatic rings. The van der Waals surface area contributed by atoms with E-state index in [0.717, 1.165) is 5.56 Å². The lowest BCUT2D eigenvalue weighted by Crippen LogP contribution is -2.36. The number of aromatic nitrogens is 4. The molecule has 1 saturated heterocycles. The number of aryl methyl sites for hydroxylation is 1. The van der Waals surface area contributed by atoms with E-state index in [1.54, 1.807) is 64.2 Å². The van der Waals surface area contributed by atoms with Crippen molar-refractivity contribution in [2.24, 2.45) is 7.05 Å². The first-order valence-electron chi connectivity index (χ1n) is 12.7. The van der Waals surface area contributed by atoms with Crippen LogP contribution in [0.15, 0.2) is 42.5 Å². The van der Waals surface area contributed by atoms with Crippen LogP contribution in [0, 0.1) is 5.82 Å². The molecule has 0 spiro atoms. The summed E-state index contributed by atoms with van der Waals surface area (Å²) in [6.07, 6.45) is -1.63. The minimum Gasteiger partial charge on any atom is -0.444 e. The number of cyclic esters (lactones) is 1. The van der Waals surface area contributed by atoms with Crippen LogP contribution in [0.2, 0.25) is 0 Å². The highest BCUT2D eigenvalue weighted by Crippen LogP contribution is 2.29. The average molecular weight is 554 g/mol. The molecule has 12 nitrogen and oxygen atoms in total. The van der Waals surface area contributed by atoms with Crippen LogP contribution in [-0.2, 0) is 34.4 Å². The predicted molar refractivity (Wildman–Crippen MR) is 142 cm³/mol. The Hall–Kier alpha value is -4.55. The molecule has 1 aromatic heterocycles. The van der Waals surface area contributed by atoms with Gasteiger partial charge in [-0.2, -0.15) is 0 Å². The third-order valence-electron chi connectivity index (χ3n) is 6.05. The molecule has 1 aliphatic heterocycles. The molecule has 2 aromatic carbocycles. The smallest absolute Gasteiger partial charge is 0.414 e. The van der Waals surface area contributed by atoms with E-state index in [9.17, 15) is 14.4 Å². The fourth-order valence-electron chi connectivity index (χ4n) is 4.08. The molecule has 40 heavy (non-hydrogen) atoms. The largest absolute Gasteiger partial charge is 0.444 e. The molecule has 0 radical (unpaired) electrons. The maximum Gasteiger partial charge on any atom is 0.414 e. The van der Waals surface area contributed by atoms with Crippen molar-refractivity contribution >= 4 is 23.8 Å². The SMILES string of the molecule is CC(=O)NC[C@H]1CN(c2ccc(-c3ccc(CN(Cc4nnnn4C)C(=O)OC(C)(C)C)cc3)c(F)c2)C(=O)O1. The molecule has 0 bridgehead atoms. The van der Waals surface area contributed by atoms with Gasteiger partial charge in [0.15, 0.2) is 5.82 Å². The Morgan fingerprint density at radius 1 is 1.18 bits per heavy atom. The molecule has 2 heterocycles. The lowest BCUT2D eigenvalue weighted by Gasteiger charge is -2.27. The standard InChI is InChI=1S/C27H32FN7O5/c1-17(36)29-13-21-15-35(26(38)39-21)20-10-11-22(23(28)12-20)19-8-6-18(7-9-19)14-34(25(37)40-27(2,3)4)16-24-30-31-32-33(24)5/h6-12,21H,13-16H2,1-5H3,(H,29,36)/t21-/m0/s1. The Kier molecular flexibility index (Phi) is 8.31. The van der Waals surface area contributed by atoms with Gasteiger partial charge in [0.25, 0.3) is 0 Å². The van der Waals surface area contributed by atoms with Crippen LogP contribution in [-0.4, -0.2) is 68.0 Å². The second kappa shape index (κ2) is 11.7. The molecular weight excluding hydrogens is 521 g/mol. The monoisotopic (exact) mass is 553 g/mol. The molecule has 1 fully saturated rings. The molecule has 212 valence electrons. The van der Waals surface area contributed by atoms with Crippen molar-refractivity contribution in [1.29, 1.82) is 0 Å². The number of carbonyl (C=O) groups excluding carboxylic acids is 3. The normalized spacial score (nSPS) is 15.1. The number of carbonyl (C=O) groups is 3. The Balaban J connectivity index is 1.47. The Labute approximate surface area is 231 Å². The number of hydrogen-bond acceptors (Lipinski definition) is 8. The van der Waals surface area contributed by atoms with Crippen molar-refractivity contribution in [2.45, 2.75) is 52.5 Å². The highest BCUT2D eigenvalue weighted by molar-refractivity contribution is 5.90. The van der Waals surface area contributed by atoms with Gasteiger partial charge in [-0.05, 0) is 60.5 Å². The number of rotatable bonds is 8. The molecule has 1 aliphatic rings. The van der Waals surface area contributed by atoms with E-state index in [0.29, 0.717) is 22.6 Å². The molecule has 0 saturated carbocycles. The van der Waals surface area contributed by atoms with Crippen LogP contribution in [0.25, 0.3) is 11.1 Å². The van der Waals surface area contributed by atoms with Crippen molar-refractivity contribution in [3.05, 3.63) is 59.7 Å². The minimum absolute atomic E-state index is 0.140. The fraction of sp³-hybridized carbons (Fsp3) is 0.407. The number of hydrogen-bond donors (Lipinski definition) is 1. The molecular formula is C27H32FN7O5. The summed E-state index contributed by atoms with van der Waals surface area (Å²) in [4.78, 5) is 39.2. The van der Waals surface area contributed by atoms with Gasteiger partial charge in [0.1, 0.15) is 17.5 Å². The van der Waals surface area contributed by atoms with Gasteiger partial charge < -0.3 is 14.8 Å². The molecule has 4 rings (SSSR count). The zero-order valence-electron chi connectivity index (χ0n) is 23.0. The maximum absolute atomic E-state index is 15.2. The third-order valence-corrected chi connectivity index (χ3v) is 6.05. The highest BCUT2D eigenvalue weighted by atomic mass is 19.1. The van der Waals surface area contributed by atoms with Crippen LogP contribution < -0.4 is 10.2 Å². The van der Waals surface area contributed by atoms with Gasteiger partial charge in [0, 0.05) is 26.1 Å². The van der Waals surface area contributed by atoms with E-state index >= 15 is 4.39 Å². The number of anilines is 1. The minimum atomic E-state index is -0.681. The number of tetrazole rings is 1. The average Bonchev–Trinajstić information content (AvgIpc) is 3.46. The lowest BCUT2D eigenvalue weighted by atomic mass is 10.0. The first-order valence-corrected chi connectivity index (χ1v) is 12.7. The summed E-state index contributed by atoms with van der Waals surface area (Å²) >= 11 is 0. The van der Waals surface area contributed by atoms with Crippen LogP contribution in [0.4, 0.5) is 19.7 Å². The zero-order chi connectivity index (χ0) is 29.0. The maximum atomic E-state index is 15.2. The van der Waals surface area contributed by atoms with Gasteiger partial charge in [0.2, 0.25) is 5.91 Å². The molecule has 1 atom stereocenters. The second-order valence-electron chi connectivity index (χ2n) is 10.5. The van der Waals surface area contributed by atoms with Gasteiger partial charge in [-0.25, -0.2) is 18.7 Å². The number of ether oxygens (including phenoxy) is 2. The Morgan fingerprint density at radius 3 is 2.50 bits per heavy atom. The van der Waals surface area contributed by atoms with E-state index in [2.05, 4.69) is 20.8 Å². The summed E-state index contributed by atoms with van der Waals surface area (Å²) in [5.74, 6) is -0.238. The summed E-state index contributed by atoms with van der Waals surface area (Å²) in [5.41, 5.74) is 1.46. The predicted octanol–water partition coefficient (Wildman–Crippen LogP) is 3.41. The summed E-state index contributed by atoms with van der Waals surface area (Å²) < 4.78 is 27.5. The van der Waals surface area contributed by atoms with E-state index in [-0.39, 0.29) is 32.1 Å². The molecule has 0 aliphatic carbocycles. The van der Waals surface area contributed by atoms with Gasteiger partial charge in [-0.15, -0.1) is 5.10 Å². The number of amides is 3. The highest BCUT2D eigenvalue weighted by Gasteiger charge is 2.33. The van der Waals surface area contributed by atoms with Gasteiger partial charge in [-0.3, -0.25) is 14.6 Å². The molecule has 0 unspecified atom stereocenters. The Morgan fingerprint density at radius 2 is 1.90 bits per heavy atom. The zero-order valence-corrected chi connectivity index (χ0v) is 23.0. The van der Waals surface area contributed by atoms with Gasteiger partial charge in [0.05, 0.1) is 25.3 Å². The van der Waals surface area contributed by atoms with Crippen LogP contribution in [0.5, 0.6) is 0 Å². The quantitative estimate of drug-likeness (QED) is 0.449. The Bertz CT molecular complexity index is 1390. The fourth-order valence-corrected chi connectivity index (χ4v) is 4.08. The van der Waals surface area contributed by atoms with Crippen molar-refractivity contribution < 1.29 is 28.2 Å². The van der Waals surface area contributed by atoms with Gasteiger partial charge >= 0.3 is 12.2 Å². The van der Waals surface area contributed by atoms with Crippen molar-refractivity contribution in [3.63, 3.8) is 0 Å².